The summed E-state index contributed by atoms with van der Waals surface area (Å²) in [7, 11) is 1.77. The molecule has 4 heterocycles. The van der Waals surface area contributed by atoms with Crippen molar-refractivity contribution in [3.05, 3.63) is 47.8 Å². The van der Waals surface area contributed by atoms with E-state index in [0.29, 0.717) is 40.0 Å². The molecule has 28 heavy (non-hydrogen) atoms. The molecule has 0 atom stereocenters. The van der Waals surface area contributed by atoms with Gasteiger partial charge in [-0.25, -0.2) is 14.4 Å². The van der Waals surface area contributed by atoms with Crippen molar-refractivity contribution in [3.63, 3.8) is 0 Å². The van der Waals surface area contributed by atoms with Gasteiger partial charge in [-0.1, -0.05) is 0 Å². The van der Waals surface area contributed by atoms with Crippen LogP contribution in [-0.2, 0) is 6.54 Å². The van der Waals surface area contributed by atoms with Crippen molar-refractivity contribution in [1.29, 1.82) is 0 Å². The molecule has 0 aromatic carbocycles. The van der Waals surface area contributed by atoms with Crippen LogP contribution in [0.3, 0.4) is 0 Å². The van der Waals surface area contributed by atoms with Crippen molar-refractivity contribution >= 4 is 22.8 Å². The van der Waals surface area contributed by atoms with Gasteiger partial charge in [0.15, 0.2) is 0 Å². The summed E-state index contributed by atoms with van der Waals surface area (Å²) in [4.78, 5) is 17.8. The van der Waals surface area contributed by atoms with Crippen LogP contribution in [0.2, 0.25) is 0 Å². The maximum absolute atomic E-state index is 14.3. The van der Waals surface area contributed by atoms with E-state index in [2.05, 4.69) is 30.1 Å². The number of pyridine rings is 1. The SMILES string of the molecule is CN(Cc1nc2cc[nH]c2cc1F)c1ncc(-c2cc(C3CC3)[nH]n2)c(N)n1. The van der Waals surface area contributed by atoms with Gasteiger partial charge in [-0.2, -0.15) is 10.1 Å². The minimum atomic E-state index is -0.379. The van der Waals surface area contributed by atoms with E-state index in [4.69, 9.17) is 5.73 Å². The number of aromatic nitrogens is 6. The average molecular weight is 378 g/mol. The van der Waals surface area contributed by atoms with Crippen LogP contribution in [0.5, 0.6) is 0 Å². The molecule has 1 saturated carbocycles. The van der Waals surface area contributed by atoms with Gasteiger partial charge >= 0.3 is 0 Å². The van der Waals surface area contributed by atoms with Gasteiger partial charge in [0.2, 0.25) is 5.95 Å². The van der Waals surface area contributed by atoms with Gasteiger partial charge in [-0.3, -0.25) is 5.10 Å². The third kappa shape index (κ3) is 2.94. The number of fused-ring (bicyclic) bond motifs is 1. The molecule has 4 N–H and O–H groups in total. The maximum atomic E-state index is 14.3. The van der Waals surface area contributed by atoms with Crippen LogP contribution in [0.1, 0.15) is 30.1 Å². The molecular formula is C19H19FN8. The molecule has 9 heteroatoms. The molecule has 142 valence electrons. The van der Waals surface area contributed by atoms with Crippen molar-refractivity contribution in [2.45, 2.75) is 25.3 Å². The maximum Gasteiger partial charge on any atom is 0.227 e. The van der Waals surface area contributed by atoms with Crippen molar-refractivity contribution < 1.29 is 4.39 Å². The number of hydrogen-bond donors (Lipinski definition) is 3. The van der Waals surface area contributed by atoms with E-state index in [9.17, 15) is 4.39 Å². The number of nitrogens with two attached hydrogens (primary N) is 1. The predicted molar refractivity (Wildman–Crippen MR) is 104 cm³/mol. The Bertz CT molecular complexity index is 1160. The second kappa shape index (κ2) is 6.29. The molecule has 8 nitrogen and oxygen atoms in total. The first-order valence-corrected chi connectivity index (χ1v) is 9.10. The van der Waals surface area contributed by atoms with Crippen molar-refractivity contribution in [2.24, 2.45) is 0 Å². The number of nitrogen functional groups attached to an aromatic ring is 1. The summed E-state index contributed by atoms with van der Waals surface area (Å²) in [5.74, 6) is 0.930. The molecule has 1 aliphatic rings. The van der Waals surface area contributed by atoms with Crippen LogP contribution in [0.25, 0.3) is 22.3 Å². The third-order valence-corrected chi connectivity index (χ3v) is 4.98. The van der Waals surface area contributed by atoms with Gasteiger partial charge in [0.1, 0.15) is 11.6 Å². The zero-order valence-electron chi connectivity index (χ0n) is 15.3. The molecular weight excluding hydrogens is 359 g/mol. The lowest BCUT2D eigenvalue weighted by Gasteiger charge is -2.17. The minimum absolute atomic E-state index is 0.222. The molecule has 0 unspecified atom stereocenters. The summed E-state index contributed by atoms with van der Waals surface area (Å²) in [5.41, 5.74) is 10.4. The number of hydrogen-bond acceptors (Lipinski definition) is 6. The van der Waals surface area contributed by atoms with E-state index in [1.54, 1.807) is 30.4 Å². The van der Waals surface area contributed by atoms with Gasteiger partial charge < -0.3 is 15.6 Å². The van der Waals surface area contributed by atoms with Crippen LogP contribution >= 0.6 is 0 Å². The Labute approximate surface area is 160 Å². The summed E-state index contributed by atoms with van der Waals surface area (Å²) in [6.07, 6.45) is 5.77. The molecule has 0 amide bonds. The monoisotopic (exact) mass is 378 g/mol. The molecule has 1 aliphatic carbocycles. The zero-order valence-corrected chi connectivity index (χ0v) is 15.3. The van der Waals surface area contributed by atoms with Crippen molar-refractivity contribution in [3.8, 4) is 11.3 Å². The quantitative estimate of drug-likeness (QED) is 0.492. The lowest BCUT2D eigenvalue weighted by atomic mass is 10.2. The van der Waals surface area contributed by atoms with Crippen LogP contribution in [-0.4, -0.2) is 37.2 Å². The van der Waals surface area contributed by atoms with E-state index in [1.807, 2.05) is 6.07 Å². The van der Waals surface area contributed by atoms with Crippen LogP contribution in [0.15, 0.2) is 30.6 Å². The number of anilines is 2. The Morgan fingerprint density at radius 3 is 2.93 bits per heavy atom. The molecule has 0 bridgehead atoms. The van der Waals surface area contributed by atoms with E-state index >= 15 is 0 Å². The molecule has 0 saturated heterocycles. The van der Waals surface area contributed by atoms with Gasteiger partial charge in [0.05, 0.1) is 34.5 Å². The standard InChI is InChI=1S/C19H19FN8/c1-28(9-17-12(20)6-16-13(24-17)4-5-22-16)19-23-8-11(18(21)25-19)15-7-14(26-27-15)10-2-3-10/h4-8,10,22H,2-3,9H2,1H3,(H,26,27)(H2,21,23,25). The number of nitrogens with zero attached hydrogens (tertiary/aromatic N) is 5. The lowest BCUT2D eigenvalue weighted by Crippen LogP contribution is -2.21. The fourth-order valence-corrected chi connectivity index (χ4v) is 3.25. The smallest absolute Gasteiger partial charge is 0.227 e. The van der Waals surface area contributed by atoms with Crippen LogP contribution in [0, 0.1) is 5.82 Å². The van der Waals surface area contributed by atoms with E-state index in [-0.39, 0.29) is 12.4 Å². The highest BCUT2D eigenvalue weighted by Crippen LogP contribution is 2.40. The number of nitrogens with one attached hydrogen (secondary N) is 2. The Morgan fingerprint density at radius 2 is 2.14 bits per heavy atom. The first-order valence-electron chi connectivity index (χ1n) is 9.10. The van der Waals surface area contributed by atoms with Gasteiger partial charge in [-0.15, -0.1) is 0 Å². The number of halogens is 1. The summed E-state index contributed by atoms with van der Waals surface area (Å²) in [6, 6.07) is 5.25. The van der Waals surface area contributed by atoms with Crippen molar-refractivity contribution in [1.82, 2.24) is 30.1 Å². The van der Waals surface area contributed by atoms with Gasteiger partial charge in [0, 0.05) is 37.1 Å². The number of rotatable bonds is 5. The number of aromatic amines is 2. The van der Waals surface area contributed by atoms with E-state index in [1.165, 1.54) is 18.9 Å². The van der Waals surface area contributed by atoms with Crippen LogP contribution < -0.4 is 10.6 Å². The highest BCUT2D eigenvalue weighted by Gasteiger charge is 2.26. The Morgan fingerprint density at radius 1 is 1.29 bits per heavy atom. The fourth-order valence-electron chi connectivity index (χ4n) is 3.25. The highest BCUT2D eigenvalue weighted by atomic mass is 19.1. The lowest BCUT2D eigenvalue weighted by molar-refractivity contribution is 0.598. The minimum Gasteiger partial charge on any atom is -0.383 e. The largest absolute Gasteiger partial charge is 0.383 e. The molecule has 0 aliphatic heterocycles. The average Bonchev–Trinajstić information content (AvgIpc) is 3.24. The summed E-state index contributed by atoms with van der Waals surface area (Å²) >= 11 is 0. The van der Waals surface area contributed by atoms with Gasteiger partial charge in [0.25, 0.3) is 0 Å². The zero-order chi connectivity index (χ0) is 19.3. The normalized spacial score (nSPS) is 13.9. The summed E-state index contributed by atoms with van der Waals surface area (Å²) in [5, 5.41) is 7.38. The molecule has 4 aromatic heterocycles. The Balaban J connectivity index is 1.39. The predicted octanol–water partition coefficient (Wildman–Crippen LogP) is 2.98. The first-order chi connectivity index (χ1) is 13.6. The third-order valence-electron chi connectivity index (χ3n) is 4.98. The molecule has 0 radical (unpaired) electrons. The van der Waals surface area contributed by atoms with E-state index < -0.39 is 0 Å². The molecule has 4 aromatic rings. The highest BCUT2D eigenvalue weighted by molar-refractivity contribution is 5.75. The second-order valence-corrected chi connectivity index (χ2v) is 7.14. The van der Waals surface area contributed by atoms with E-state index in [0.717, 1.165) is 11.4 Å². The Kier molecular flexibility index (Phi) is 3.75. The summed E-state index contributed by atoms with van der Waals surface area (Å²) in [6.45, 7) is 0.222. The molecule has 1 fully saturated rings. The molecule has 5 rings (SSSR count). The van der Waals surface area contributed by atoms with Gasteiger partial charge in [-0.05, 0) is 25.0 Å². The van der Waals surface area contributed by atoms with Crippen molar-refractivity contribution in [2.75, 3.05) is 17.7 Å². The second-order valence-electron chi connectivity index (χ2n) is 7.14. The fraction of sp³-hybridized carbons (Fsp3) is 0.263. The first kappa shape index (κ1) is 16.7. The Hall–Kier alpha value is -3.49. The van der Waals surface area contributed by atoms with Crippen LogP contribution in [0.4, 0.5) is 16.2 Å². The summed E-state index contributed by atoms with van der Waals surface area (Å²) < 4.78 is 14.3. The molecule has 0 spiro atoms. The number of H-pyrrole nitrogens is 2. The topological polar surface area (TPSA) is 112 Å².